The molecule has 1 heterocycles. The molecule has 1 saturated heterocycles. The van der Waals surface area contributed by atoms with Crippen molar-refractivity contribution in [3.63, 3.8) is 0 Å². The maximum Gasteiger partial charge on any atom is 0.123 e. The van der Waals surface area contributed by atoms with Gasteiger partial charge in [-0.3, -0.25) is 4.90 Å². The minimum atomic E-state index is -0.191. The summed E-state index contributed by atoms with van der Waals surface area (Å²) in [5.41, 5.74) is 3.40. The van der Waals surface area contributed by atoms with Crippen LogP contribution >= 0.6 is 23.8 Å². The van der Waals surface area contributed by atoms with Crippen LogP contribution in [0.2, 0.25) is 5.02 Å². The molecule has 0 aromatic heterocycles. The first-order valence-corrected chi connectivity index (χ1v) is 9.92. The second-order valence-corrected chi connectivity index (χ2v) is 7.93. The topological polar surface area (TPSA) is 6.48 Å². The van der Waals surface area contributed by atoms with E-state index in [1.165, 1.54) is 17.7 Å². The molecule has 2 nitrogen and oxygen atoms in total. The van der Waals surface area contributed by atoms with E-state index in [0.29, 0.717) is 6.04 Å². The molecule has 2 aromatic rings. The third-order valence-electron chi connectivity index (χ3n) is 4.96. The Morgan fingerprint density at radius 1 is 1.22 bits per heavy atom. The Balaban J connectivity index is 1.58. The Hall–Kier alpha value is -1.75. The van der Waals surface area contributed by atoms with Gasteiger partial charge >= 0.3 is 0 Å². The first kappa shape index (κ1) is 20.0. The minimum Gasteiger partial charge on any atom is -0.358 e. The van der Waals surface area contributed by atoms with Crippen molar-refractivity contribution >= 4 is 34.9 Å². The third kappa shape index (κ3) is 5.38. The zero-order valence-corrected chi connectivity index (χ0v) is 17.2. The van der Waals surface area contributed by atoms with Gasteiger partial charge in [0.2, 0.25) is 0 Å². The number of halogens is 2. The van der Waals surface area contributed by atoms with Crippen LogP contribution < -0.4 is 0 Å². The van der Waals surface area contributed by atoms with Gasteiger partial charge in [0.05, 0.1) is 0 Å². The van der Waals surface area contributed by atoms with E-state index < -0.39 is 0 Å². The lowest BCUT2D eigenvalue weighted by molar-refractivity contribution is 0.132. The Kier molecular flexibility index (Phi) is 6.64. The molecular weight excluding hydrogens is 379 g/mol. The highest BCUT2D eigenvalue weighted by Gasteiger charge is 2.24. The van der Waals surface area contributed by atoms with Gasteiger partial charge in [0.25, 0.3) is 0 Å². The Labute approximate surface area is 171 Å². The lowest BCUT2D eigenvalue weighted by atomic mass is 10.1. The second-order valence-electron chi connectivity index (χ2n) is 7.08. The molecule has 5 heteroatoms. The first-order valence-electron chi connectivity index (χ1n) is 9.14. The number of hydrogen-bond acceptors (Lipinski definition) is 2. The largest absolute Gasteiger partial charge is 0.358 e. The molecule has 0 saturated carbocycles. The van der Waals surface area contributed by atoms with E-state index >= 15 is 0 Å². The van der Waals surface area contributed by atoms with Crippen LogP contribution in [0.4, 0.5) is 4.39 Å². The van der Waals surface area contributed by atoms with E-state index in [-0.39, 0.29) is 5.82 Å². The summed E-state index contributed by atoms with van der Waals surface area (Å²) < 4.78 is 13.1. The number of thiocarbonyl (C=S) groups is 1. The highest BCUT2D eigenvalue weighted by atomic mass is 35.5. The van der Waals surface area contributed by atoms with Crippen LogP contribution in [0.1, 0.15) is 23.6 Å². The van der Waals surface area contributed by atoms with E-state index in [4.69, 9.17) is 23.8 Å². The highest BCUT2D eigenvalue weighted by Crippen LogP contribution is 2.18. The van der Waals surface area contributed by atoms with Gasteiger partial charge in [-0.2, -0.15) is 0 Å². The van der Waals surface area contributed by atoms with Crippen molar-refractivity contribution in [2.24, 2.45) is 0 Å². The van der Waals surface area contributed by atoms with Crippen molar-refractivity contribution in [2.75, 3.05) is 19.6 Å². The fourth-order valence-electron chi connectivity index (χ4n) is 3.40. The SMILES string of the molecule is Cc1ccc(Cl)cc1/C=C/C(=S)N1CCN(Cc2ccc(F)cc2)CC1C. The zero-order valence-electron chi connectivity index (χ0n) is 15.7. The predicted octanol–water partition coefficient (Wildman–Crippen LogP) is 5.33. The van der Waals surface area contributed by atoms with Crippen molar-refractivity contribution in [1.29, 1.82) is 0 Å². The van der Waals surface area contributed by atoms with Gasteiger partial charge in [0, 0.05) is 37.2 Å². The first-order chi connectivity index (χ1) is 12.9. The molecule has 0 N–H and O–H groups in total. The molecule has 0 amide bonds. The van der Waals surface area contributed by atoms with Gasteiger partial charge in [-0.1, -0.05) is 48.1 Å². The minimum absolute atomic E-state index is 0.191. The molecule has 0 aliphatic carbocycles. The summed E-state index contributed by atoms with van der Waals surface area (Å²) in [5, 5.41) is 0.731. The molecule has 2 aromatic carbocycles. The van der Waals surface area contributed by atoms with Gasteiger partial charge < -0.3 is 4.90 Å². The lowest BCUT2D eigenvalue weighted by Crippen LogP contribution is -2.52. The van der Waals surface area contributed by atoms with Crippen LogP contribution in [-0.2, 0) is 6.54 Å². The molecular formula is C22H24ClFN2S. The standard InChI is InChI=1S/C22H24ClFN2S/c1-16-3-7-20(23)13-19(16)6-10-22(27)26-12-11-25(14-17(26)2)15-18-4-8-21(24)9-5-18/h3-10,13,17H,11-12,14-15H2,1-2H3/b10-6+. The Morgan fingerprint density at radius 2 is 1.96 bits per heavy atom. The van der Waals surface area contributed by atoms with Crippen molar-refractivity contribution < 1.29 is 4.39 Å². The molecule has 1 aliphatic heterocycles. The summed E-state index contributed by atoms with van der Waals surface area (Å²) in [7, 11) is 0. The molecule has 0 bridgehead atoms. The molecule has 27 heavy (non-hydrogen) atoms. The molecule has 1 fully saturated rings. The van der Waals surface area contributed by atoms with Crippen LogP contribution in [-0.4, -0.2) is 40.5 Å². The summed E-state index contributed by atoms with van der Waals surface area (Å²) in [6.07, 6.45) is 4.04. The average Bonchev–Trinajstić information content (AvgIpc) is 2.64. The molecule has 1 atom stereocenters. The molecule has 0 radical (unpaired) electrons. The lowest BCUT2D eigenvalue weighted by Gasteiger charge is -2.40. The highest BCUT2D eigenvalue weighted by molar-refractivity contribution is 7.80. The van der Waals surface area contributed by atoms with Gasteiger partial charge in [-0.05, 0) is 60.9 Å². The van der Waals surface area contributed by atoms with Crippen LogP contribution in [0.15, 0.2) is 48.5 Å². The maximum absolute atomic E-state index is 13.1. The van der Waals surface area contributed by atoms with E-state index in [0.717, 1.165) is 47.3 Å². The fraction of sp³-hybridized carbons (Fsp3) is 0.318. The van der Waals surface area contributed by atoms with Gasteiger partial charge in [-0.25, -0.2) is 4.39 Å². The predicted molar refractivity (Wildman–Crippen MR) is 116 cm³/mol. The van der Waals surface area contributed by atoms with Crippen molar-refractivity contribution in [2.45, 2.75) is 26.4 Å². The van der Waals surface area contributed by atoms with Gasteiger partial charge in [0.15, 0.2) is 0 Å². The van der Waals surface area contributed by atoms with Crippen LogP contribution in [0.3, 0.4) is 0 Å². The molecule has 0 spiro atoms. The number of hydrogen-bond donors (Lipinski definition) is 0. The van der Waals surface area contributed by atoms with E-state index in [2.05, 4.69) is 23.6 Å². The van der Waals surface area contributed by atoms with Gasteiger partial charge in [-0.15, -0.1) is 0 Å². The normalized spacial score (nSPS) is 18.2. The quantitative estimate of drug-likeness (QED) is 0.503. The zero-order chi connectivity index (χ0) is 19.4. The van der Waals surface area contributed by atoms with E-state index in [1.807, 2.05) is 42.5 Å². The van der Waals surface area contributed by atoms with Crippen LogP contribution in [0.5, 0.6) is 0 Å². The second kappa shape index (κ2) is 8.96. The number of nitrogens with zero attached hydrogens (tertiary/aromatic N) is 2. The Bertz CT molecular complexity index is 835. The molecule has 142 valence electrons. The summed E-state index contributed by atoms with van der Waals surface area (Å²) >= 11 is 11.7. The maximum atomic E-state index is 13.1. The smallest absolute Gasteiger partial charge is 0.123 e. The summed E-state index contributed by atoms with van der Waals surface area (Å²) in [4.78, 5) is 5.51. The molecule has 1 aliphatic rings. The summed E-state index contributed by atoms with van der Waals surface area (Å²) in [5.74, 6) is -0.191. The van der Waals surface area contributed by atoms with Crippen LogP contribution in [0, 0.1) is 12.7 Å². The number of aryl methyl sites for hydroxylation is 1. The molecule has 1 unspecified atom stereocenters. The summed E-state index contributed by atoms with van der Waals surface area (Å²) in [6, 6.07) is 13.0. The number of piperazine rings is 1. The average molecular weight is 403 g/mol. The van der Waals surface area contributed by atoms with Crippen molar-refractivity contribution in [3.05, 3.63) is 76.1 Å². The van der Waals surface area contributed by atoms with E-state index in [1.54, 1.807) is 0 Å². The van der Waals surface area contributed by atoms with Crippen molar-refractivity contribution in [3.8, 4) is 0 Å². The van der Waals surface area contributed by atoms with Crippen molar-refractivity contribution in [1.82, 2.24) is 9.80 Å². The summed E-state index contributed by atoms with van der Waals surface area (Å²) in [6.45, 7) is 7.85. The number of rotatable bonds is 4. The third-order valence-corrected chi connectivity index (χ3v) is 5.57. The molecule has 3 rings (SSSR count). The van der Waals surface area contributed by atoms with Crippen LogP contribution in [0.25, 0.3) is 6.08 Å². The van der Waals surface area contributed by atoms with E-state index in [9.17, 15) is 4.39 Å². The number of benzene rings is 2. The fourth-order valence-corrected chi connectivity index (χ4v) is 3.92. The Morgan fingerprint density at radius 3 is 2.67 bits per heavy atom. The monoisotopic (exact) mass is 402 g/mol. The van der Waals surface area contributed by atoms with Gasteiger partial charge in [0.1, 0.15) is 10.8 Å².